The van der Waals surface area contributed by atoms with Crippen molar-refractivity contribution in [1.82, 2.24) is 0 Å². The summed E-state index contributed by atoms with van der Waals surface area (Å²) < 4.78 is 11.1. The van der Waals surface area contributed by atoms with Crippen LogP contribution in [-0.4, -0.2) is 34.0 Å². The molecule has 178 valence electrons. The minimum atomic E-state index is -0.678. The third-order valence-corrected chi connectivity index (χ3v) is 6.25. The normalized spacial score (nSPS) is 21.6. The zero-order valence-electron chi connectivity index (χ0n) is 19.1. The smallest absolute Gasteiger partial charge is 0.342 e. The number of phenolic OH excluding ortho intramolecular Hbond substituents is 2. The molecule has 0 bridgehead atoms. The van der Waals surface area contributed by atoms with Crippen molar-refractivity contribution >= 4 is 23.8 Å². The molecule has 0 saturated heterocycles. The number of aromatic hydroxyl groups is 2. The summed E-state index contributed by atoms with van der Waals surface area (Å²) in [5.74, 6) is -1.64. The van der Waals surface area contributed by atoms with Crippen LogP contribution in [0, 0.1) is 0 Å². The predicted octanol–water partition coefficient (Wildman–Crippen LogP) is 5.02. The van der Waals surface area contributed by atoms with Crippen LogP contribution in [0.4, 0.5) is 0 Å². The highest BCUT2D eigenvalue weighted by atomic mass is 16.5. The molecule has 0 spiro atoms. The van der Waals surface area contributed by atoms with Gasteiger partial charge in [-0.15, -0.1) is 0 Å². The molecular weight excluding hydrogens is 436 g/mol. The van der Waals surface area contributed by atoms with Gasteiger partial charge in [-0.05, 0) is 61.9 Å². The van der Waals surface area contributed by atoms with Gasteiger partial charge in [0.15, 0.2) is 0 Å². The second kappa shape index (κ2) is 10.1. The fourth-order valence-electron chi connectivity index (χ4n) is 4.55. The Morgan fingerprint density at radius 1 is 1.03 bits per heavy atom. The molecule has 0 amide bonds. The topological polar surface area (TPSA) is 110 Å². The standard InChI is InChI=1S/C27H28O7/c1-16-7-5-11-19(28)10-4-2-3-8-18-14-22-25(26(31)24(18)27(32)33-16)21(15-23(30)34-22)17-9-6-12-20(29)13-17/h3,6,8-9,12-14,16,21,29,31H,2,4-5,7,10-11,15H2,1H3/t16-,21+/m1/s1. The summed E-state index contributed by atoms with van der Waals surface area (Å²) in [7, 11) is 0. The molecule has 0 aliphatic carbocycles. The van der Waals surface area contributed by atoms with Gasteiger partial charge in [-0.2, -0.15) is 0 Å². The third-order valence-electron chi connectivity index (χ3n) is 6.25. The van der Waals surface area contributed by atoms with Crippen molar-refractivity contribution in [2.75, 3.05) is 0 Å². The molecule has 2 aliphatic rings. The van der Waals surface area contributed by atoms with Crippen molar-refractivity contribution in [1.29, 1.82) is 0 Å². The summed E-state index contributed by atoms with van der Waals surface area (Å²) in [5, 5.41) is 21.3. The van der Waals surface area contributed by atoms with Gasteiger partial charge in [-0.3, -0.25) is 9.59 Å². The molecule has 0 fully saturated rings. The largest absolute Gasteiger partial charge is 0.508 e. The van der Waals surface area contributed by atoms with Crippen molar-refractivity contribution in [3.63, 3.8) is 0 Å². The minimum Gasteiger partial charge on any atom is -0.508 e. The Labute approximate surface area is 198 Å². The van der Waals surface area contributed by atoms with Crippen LogP contribution in [0.15, 0.2) is 36.4 Å². The average molecular weight is 465 g/mol. The molecule has 7 heteroatoms. The van der Waals surface area contributed by atoms with E-state index < -0.39 is 24.0 Å². The molecule has 2 aromatic carbocycles. The SMILES string of the molecule is C[C@@H]1CCCC(=O)CCCC=Cc2cc3c(c(O)c2C(=O)O1)[C@H](c1cccc(O)c1)CC(=O)O3. The summed E-state index contributed by atoms with van der Waals surface area (Å²) in [6.45, 7) is 1.76. The van der Waals surface area contributed by atoms with Crippen molar-refractivity contribution in [2.45, 2.75) is 63.9 Å². The molecular formula is C27H28O7. The predicted molar refractivity (Wildman–Crippen MR) is 125 cm³/mol. The molecule has 2 N–H and O–H groups in total. The van der Waals surface area contributed by atoms with Crippen molar-refractivity contribution < 1.29 is 34.1 Å². The minimum absolute atomic E-state index is 0.0121. The molecule has 0 aromatic heterocycles. The number of hydrogen-bond acceptors (Lipinski definition) is 7. The first-order valence-electron chi connectivity index (χ1n) is 11.6. The van der Waals surface area contributed by atoms with Crippen molar-refractivity contribution in [3.8, 4) is 17.2 Å². The number of ether oxygens (including phenoxy) is 2. The summed E-state index contributed by atoms with van der Waals surface area (Å²) in [6.07, 6.45) is 6.46. The summed E-state index contributed by atoms with van der Waals surface area (Å²) in [6, 6.07) is 8.02. The number of Topliss-reactive ketones (excluding diaryl/α,β-unsaturated/α-hetero) is 1. The third kappa shape index (κ3) is 5.14. The maximum Gasteiger partial charge on any atom is 0.342 e. The molecule has 2 heterocycles. The lowest BCUT2D eigenvalue weighted by Gasteiger charge is -2.27. The van der Waals surface area contributed by atoms with Crippen LogP contribution in [0.5, 0.6) is 17.2 Å². The van der Waals surface area contributed by atoms with Crippen LogP contribution < -0.4 is 4.74 Å². The van der Waals surface area contributed by atoms with E-state index in [4.69, 9.17) is 9.47 Å². The Balaban J connectivity index is 1.82. The van der Waals surface area contributed by atoms with E-state index in [1.807, 2.05) is 6.08 Å². The van der Waals surface area contributed by atoms with E-state index in [9.17, 15) is 24.6 Å². The van der Waals surface area contributed by atoms with Gasteiger partial charge in [0.25, 0.3) is 0 Å². The molecule has 0 saturated carbocycles. The monoisotopic (exact) mass is 464 g/mol. The lowest BCUT2D eigenvalue weighted by atomic mass is 9.83. The number of fused-ring (bicyclic) bond motifs is 2. The van der Waals surface area contributed by atoms with E-state index in [0.29, 0.717) is 55.2 Å². The number of cyclic esters (lactones) is 1. The van der Waals surface area contributed by atoms with Crippen molar-refractivity contribution in [2.24, 2.45) is 0 Å². The fraction of sp³-hybridized carbons (Fsp3) is 0.370. The quantitative estimate of drug-likeness (QED) is 0.450. The van der Waals surface area contributed by atoms with Crippen LogP contribution in [0.2, 0.25) is 0 Å². The number of esters is 2. The molecule has 4 rings (SSSR count). The van der Waals surface area contributed by atoms with Gasteiger partial charge in [0.05, 0.1) is 12.5 Å². The van der Waals surface area contributed by atoms with E-state index in [1.54, 1.807) is 31.2 Å². The molecule has 2 aliphatic heterocycles. The average Bonchev–Trinajstić information content (AvgIpc) is 2.77. The number of phenols is 2. The number of allylic oxidation sites excluding steroid dienone is 1. The van der Waals surface area contributed by atoms with E-state index in [1.165, 1.54) is 12.1 Å². The van der Waals surface area contributed by atoms with Gasteiger partial charge in [0.1, 0.15) is 28.6 Å². The Bertz CT molecular complexity index is 1150. The zero-order chi connectivity index (χ0) is 24.2. The highest BCUT2D eigenvalue weighted by molar-refractivity contribution is 5.98. The summed E-state index contributed by atoms with van der Waals surface area (Å²) in [5.41, 5.74) is 1.32. The number of hydrogen-bond donors (Lipinski definition) is 2. The van der Waals surface area contributed by atoms with Gasteiger partial charge in [0, 0.05) is 24.3 Å². The first kappa shape index (κ1) is 23.5. The molecule has 0 unspecified atom stereocenters. The van der Waals surface area contributed by atoms with Crippen LogP contribution in [0.3, 0.4) is 0 Å². The van der Waals surface area contributed by atoms with Crippen LogP contribution in [-0.2, 0) is 14.3 Å². The van der Waals surface area contributed by atoms with E-state index in [0.717, 1.165) is 0 Å². The molecule has 7 nitrogen and oxygen atoms in total. The Hall–Kier alpha value is -3.61. The number of ketones is 1. The lowest BCUT2D eigenvalue weighted by molar-refractivity contribution is -0.135. The first-order chi connectivity index (χ1) is 16.3. The Morgan fingerprint density at radius 2 is 1.82 bits per heavy atom. The van der Waals surface area contributed by atoms with Crippen LogP contribution >= 0.6 is 0 Å². The lowest BCUT2D eigenvalue weighted by Crippen LogP contribution is -2.23. The first-order valence-corrected chi connectivity index (χ1v) is 11.6. The maximum atomic E-state index is 13.2. The van der Waals surface area contributed by atoms with Gasteiger partial charge in [-0.25, -0.2) is 4.79 Å². The van der Waals surface area contributed by atoms with Crippen LogP contribution in [0.25, 0.3) is 6.08 Å². The van der Waals surface area contributed by atoms with Gasteiger partial charge >= 0.3 is 11.9 Å². The molecule has 34 heavy (non-hydrogen) atoms. The summed E-state index contributed by atoms with van der Waals surface area (Å²) in [4.78, 5) is 37.6. The van der Waals surface area contributed by atoms with E-state index in [2.05, 4.69) is 0 Å². The van der Waals surface area contributed by atoms with Gasteiger partial charge in [-0.1, -0.05) is 24.3 Å². The number of benzene rings is 2. The Kier molecular flexibility index (Phi) is 7.01. The molecule has 0 radical (unpaired) electrons. The van der Waals surface area contributed by atoms with E-state index >= 15 is 0 Å². The number of carbonyl (C=O) groups excluding carboxylic acids is 3. The highest BCUT2D eigenvalue weighted by Gasteiger charge is 2.35. The highest BCUT2D eigenvalue weighted by Crippen LogP contribution is 2.47. The van der Waals surface area contributed by atoms with Gasteiger partial charge in [0.2, 0.25) is 0 Å². The Morgan fingerprint density at radius 3 is 2.62 bits per heavy atom. The fourth-order valence-corrected chi connectivity index (χ4v) is 4.55. The van der Waals surface area contributed by atoms with Crippen LogP contribution in [0.1, 0.15) is 84.8 Å². The molecule has 2 atom stereocenters. The second-order valence-corrected chi connectivity index (χ2v) is 8.87. The van der Waals surface area contributed by atoms with E-state index in [-0.39, 0.29) is 35.0 Å². The maximum absolute atomic E-state index is 13.2. The molecule has 2 aromatic rings. The van der Waals surface area contributed by atoms with Crippen molar-refractivity contribution in [3.05, 3.63) is 58.7 Å². The van der Waals surface area contributed by atoms with Gasteiger partial charge < -0.3 is 19.7 Å². The number of rotatable bonds is 1. The summed E-state index contributed by atoms with van der Waals surface area (Å²) >= 11 is 0. The second-order valence-electron chi connectivity index (χ2n) is 8.87. The zero-order valence-corrected chi connectivity index (χ0v) is 19.1. The number of carbonyl (C=O) groups is 3.